The van der Waals surface area contributed by atoms with Crippen LogP contribution >= 0.6 is 15.9 Å². The van der Waals surface area contributed by atoms with E-state index in [0.29, 0.717) is 11.3 Å². The van der Waals surface area contributed by atoms with E-state index in [1.165, 1.54) is 11.6 Å². The van der Waals surface area contributed by atoms with E-state index in [2.05, 4.69) is 35.8 Å². The maximum absolute atomic E-state index is 13.6. The third kappa shape index (κ3) is 1.91. The molecule has 0 fully saturated rings. The van der Waals surface area contributed by atoms with Crippen LogP contribution in [0.4, 0.5) is 4.39 Å². The van der Waals surface area contributed by atoms with Gasteiger partial charge in [0.2, 0.25) is 0 Å². The maximum Gasteiger partial charge on any atom is 0.131 e. The summed E-state index contributed by atoms with van der Waals surface area (Å²) in [6.45, 7) is 4.22. The number of halogens is 2. The summed E-state index contributed by atoms with van der Waals surface area (Å²) in [5.41, 5.74) is 1.17. The molecule has 2 rings (SSSR count). The molecule has 0 bridgehead atoms. The normalized spacial score (nSPS) is 11.3. The summed E-state index contributed by atoms with van der Waals surface area (Å²) in [5.74, 6) is 0.267. The average molecular weight is 267 g/mol. The molecule has 2 aromatic carbocycles. The van der Waals surface area contributed by atoms with Gasteiger partial charge in [0.05, 0.1) is 0 Å². The molecule has 0 atom stereocenters. The molecule has 2 aromatic rings. The molecular formula is C13H12BrF. The quantitative estimate of drug-likeness (QED) is 0.691. The zero-order valence-corrected chi connectivity index (χ0v) is 10.3. The highest BCUT2D eigenvalue weighted by Gasteiger charge is 2.06. The SMILES string of the molecule is CC(C)c1ccc2c(Br)ccc(F)c2c1. The second kappa shape index (κ2) is 3.93. The van der Waals surface area contributed by atoms with Crippen LogP contribution in [-0.4, -0.2) is 0 Å². The standard InChI is InChI=1S/C13H12BrF/c1-8(2)9-3-4-10-11(7-9)13(15)6-5-12(10)14/h3-8H,1-2H3. The lowest BCUT2D eigenvalue weighted by molar-refractivity contribution is 0.639. The van der Waals surface area contributed by atoms with Crippen molar-refractivity contribution in [3.63, 3.8) is 0 Å². The van der Waals surface area contributed by atoms with Crippen molar-refractivity contribution in [2.24, 2.45) is 0 Å². The van der Waals surface area contributed by atoms with Gasteiger partial charge >= 0.3 is 0 Å². The molecule has 0 nitrogen and oxygen atoms in total. The smallest absolute Gasteiger partial charge is 0.131 e. The van der Waals surface area contributed by atoms with E-state index >= 15 is 0 Å². The second-order valence-electron chi connectivity index (χ2n) is 3.99. The first-order valence-corrected chi connectivity index (χ1v) is 5.76. The molecular weight excluding hydrogens is 255 g/mol. The van der Waals surface area contributed by atoms with Gasteiger partial charge in [-0.05, 0) is 35.1 Å². The van der Waals surface area contributed by atoms with Crippen LogP contribution in [0.2, 0.25) is 0 Å². The van der Waals surface area contributed by atoms with Crippen molar-refractivity contribution in [2.45, 2.75) is 19.8 Å². The molecule has 0 radical (unpaired) electrons. The molecule has 0 aliphatic heterocycles. The van der Waals surface area contributed by atoms with Crippen molar-refractivity contribution in [3.05, 3.63) is 46.2 Å². The highest BCUT2D eigenvalue weighted by molar-refractivity contribution is 9.10. The van der Waals surface area contributed by atoms with Crippen molar-refractivity contribution in [3.8, 4) is 0 Å². The lowest BCUT2D eigenvalue weighted by atomic mass is 9.99. The number of hydrogen-bond acceptors (Lipinski definition) is 0. The predicted octanol–water partition coefficient (Wildman–Crippen LogP) is 4.86. The summed E-state index contributed by atoms with van der Waals surface area (Å²) in [4.78, 5) is 0. The Balaban J connectivity index is 2.76. The van der Waals surface area contributed by atoms with E-state index in [-0.39, 0.29) is 5.82 Å². The van der Waals surface area contributed by atoms with Crippen molar-refractivity contribution in [1.29, 1.82) is 0 Å². The molecule has 0 amide bonds. The molecule has 0 aliphatic carbocycles. The van der Waals surface area contributed by atoms with E-state index in [0.717, 1.165) is 9.86 Å². The fourth-order valence-corrected chi connectivity index (χ4v) is 2.13. The minimum Gasteiger partial charge on any atom is -0.206 e. The van der Waals surface area contributed by atoms with Crippen LogP contribution in [0, 0.1) is 5.82 Å². The van der Waals surface area contributed by atoms with Gasteiger partial charge in [-0.15, -0.1) is 0 Å². The molecule has 0 heterocycles. The van der Waals surface area contributed by atoms with Crippen molar-refractivity contribution in [2.75, 3.05) is 0 Å². The minimum atomic E-state index is -0.157. The fourth-order valence-electron chi connectivity index (χ4n) is 1.65. The zero-order valence-electron chi connectivity index (χ0n) is 8.72. The first-order valence-electron chi connectivity index (χ1n) is 4.97. The van der Waals surface area contributed by atoms with E-state index in [4.69, 9.17) is 0 Å². The lowest BCUT2D eigenvalue weighted by Crippen LogP contribution is -1.89. The number of rotatable bonds is 1. The Morgan fingerprint density at radius 1 is 1.07 bits per heavy atom. The van der Waals surface area contributed by atoms with Crippen LogP contribution in [0.25, 0.3) is 10.8 Å². The number of fused-ring (bicyclic) bond motifs is 1. The summed E-state index contributed by atoms with van der Waals surface area (Å²) < 4.78 is 14.5. The third-order valence-corrected chi connectivity index (χ3v) is 3.29. The van der Waals surface area contributed by atoms with Gasteiger partial charge in [-0.3, -0.25) is 0 Å². The summed E-state index contributed by atoms with van der Waals surface area (Å²) in [5, 5.41) is 1.62. The molecule has 2 heteroatoms. The maximum atomic E-state index is 13.6. The van der Waals surface area contributed by atoms with Gasteiger partial charge < -0.3 is 0 Å². The van der Waals surface area contributed by atoms with Gasteiger partial charge in [0.15, 0.2) is 0 Å². The van der Waals surface area contributed by atoms with Gasteiger partial charge in [-0.1, -0.05) is 41.9 Å². The molecule has 0 N–H and O–H groups in total. The summed E-state index contributed by atoms with van der Waals surface area (Å²) in [7, 11) is 0. The van der Waals surface area contributed by atoms with Crippen LogP contribution in [0.15, 0.2) is 34.8 Å². The first-order chi connectivity index (χ1) is 7.09. The highest BCUT2D eigenvalue weighted by Crippen LogP contribution is 2.28. The van der Waals surface area contributed by atoms with Crippen molar-refractivity contribution < 1.29 is 4.39 Å². The van der Waals surface area contributed by atoms with E-state index < -0.39 is 0 Å². The Kier molecular flexibility index (Phi) is 2.79. The highest BCUT2D eigenvalue weighted by atomic mass is 79.9. The molecule has 0 unspecified atom stereocenters. The Hall–Kier alpha value is -0.890. The van der Waals surface area contributed by atoms with Gasteiger partial charge in [-0.2, -0.15) is 0 Å². The van der Waals surface area contributed by atoms with Gasteiger partial charge in [0, 0.05) is 9.86 Å². The van der Waals surface area contributed by atoms with Crippen LogP contribution < -0.4 is 0 Å². The summed E-state index contributed by atoms with van der Waals surface area (Å²) in [6, 6.07) is 9.19. The molecule has 0 saturated carbocycles. The van der Waals surface area contributed by atoms with E-state index in [1.54, 1.807) is 6.07 Å². The van der Waals surface area contributed by atoms with Gasteiger partial charge in [-0.25, -0.2) is 4.39 Å². The van der Waals surface area contributed by atoms with E-state index in [9.17, 15) is 4.39 Å². The summed E-state index contributed by atoms with van der Waals surface area (Å²) in [6.07, 6.45) is 0. The fraction of sp³-hybridized carbons (Fsp3) is 0.231. The average Bonchev–Trinajstić information content (AvgIpc) is 2.23. The van der Waals surface area contributed by atoms with Crippen LogP contribution in [0.5, 0.6) is 0 Å². The Bertz CT molecular complexity index is 503. The molecule has 0 spiro atoms. The van der Waals surface area contributed by atoms with Gasteiger partial charge in [0.1, 0.15) is 5.82 Å². The second-order valence-corrected chi connectivity index (χ2v) is 4.84. The van der Waals surface area contributed by atoms with E-state index in [1.807, 2.05) is 12.1 Å². The summed E-state index contributed by atoms with van der Waals surface area (Å²) >= 11 is 3.43. The Morgan fingerprint density at radius 2 is 1.80 bits per heavy atom. The minimum absolute atomic E-state index is 0.157. The Labute approximate surface area is 97.2 Å². The molecule has 0 aliphatic rings. The van der Waals surface area contributed by atoms with Crippen LogP contribution in [-0.2, 0) is 0 Å². The van der Waals surface area contributed by atoms with Crippen molar-refractivity contribution >= 4 is 26.7 Å². The third-order valence-electron chi connectivity index (χ3n) is 2.60. The topological polar surface area (TPSA) is 0 Å². The molecule has 0 aromatic heterocycles. The Morgan fingerprint density at radius 3 is 2.47 bits per heavy atom. The van der Waals surface area contributed by atoms with Crippen LogP contribution in [0.3, 0.4) is 0 Å². The lowest BCUT2D eigenvalue weighted by Gasteiger charge is -2.08. The monoisotopic (exact) mass is 266 g/mol. The molecule has 78 valence electrons. The van der Waals surface area contributed by atoms with Gasteiger partial charge in [0.25, 0.3) is 0 Å². The van der Waals surface area contributed by atoms with Crippen LogP contribution in [0.1, 0.15) is 25.3 Å². The first kappa shape index (κ1) is 10.6. The number of hydrogen-bond donors (Lipinski definition) is 0. The predicted molar refractivity (Wildman–Crippen MR) is 65.7 cm³/mol. The number of benzene rings is 2. The van der Waals surface area contributed by atoms with Crippen molar-refractivity contribution in [1.82, 2.24) is 0 Å². The largest absolute Gasteiger partial charge is 0.206 e. The molecule has 15 heavy (non-hydrogen) atoms. The molecule has 0 saturated heterocycles. The zero-order chi connectivity index (χ0) is 11.0.